The van der Waals surface area contributed by atoms with Crippen LogP contribution in [0.5, 0.6) is 0 Å². The van der Waals surface area contributed by atoms with Crippen molar-refractivity contribution in [3.05, 3.63) is 59.9 Å². The zero-order valence-corrected chi connectivity index (χ0v) is 16.9. The number of nitrogens with one attached hydrogen (secondary N) is 3. The molecule has 0 radical (unpaired) electrons. The van der Waals surface area contributed by atoms with Crippen molar-refractivity contribution < 1.29 is 22.4 Å². The van der Waals surface area contributed by atoms with Gasteiger partial charge in [0.2, 0.25) is 10.0 Å². The molecule has 156 valence electrons. The van der Waals surface area contributed by atoms with Gasteiger partial charge in [-0.2, -0.15) is 0 Å². The number of rotatable bonds is 8. The van der Waals surface area contributed by atoms with Gasteiger partial charge < -0.3 is 4.90 Å². The Kier molecular flexibility index (Phi) is 7.68. The SMILES string of the molecule is CCN(CC)c1ccc(C(=O)NNC(=O)CNS(=O)(=O)c2ccc(F)cc2)cc1. The Balaban J connectivity index is 1.85. The number of hydrogen-bond donors (Lipinski definition) is 3. The van der Waals surface area contributed by atoms with E-state index in [9.17, 15) is 22.4 Å². The third-order valence-electron chi connectivity index (χ3n) is 4.12. The van der Waals surface area contributed by atoms with Crippen molar-refractivity contribution in [3.63, 3.8) is 0 Å². The molecule has 0 saturated carbocycles. The molecule has 0 aliphatic carbocycles. The van der Waals surface area contributed by atoms with Gasteiger partial charge in [-0.15, -0.1) is 0 Å². The predicted molar refractivity (Wildman–Crippen MR) is 107 cm³/mol. The van der Waals surface area contributed by atoms with Crippen LogP contribution in [-0.4, -0.2) is 39.9 Å². The number of amides is 2. The molecule has 0 aliphatic heterocycles. The number of hydrogen-bond acceptors (Lipinski definition) is 5. The Morgan fingerprint density at radius 2 is 1.52 bits per heavy atom. The van der Waals surface area contributed by atoms with Crippen LogP contribution in [0.15, 0.2) is 53.4 Å². The van der Waals surface area contributed by atoms with Gasteiger partial charge in [0.15, 0.2) is 0 Å². The lowest BCUT2D eigenvalue weighted by atomic mass is 10.2. The Bertz CT molecular complexity index is 943. The second kappa shape index (κ2) is 9.99. The number of halogens is 1. The molecule has 0 spiro atoms. The highest BCUT2D eigenvalue weighted by molar-refractivity contribution is 7.89. The topological polar surface area (TPSA) is 108 Å². The highest BCUT2D eigenvalue weighted by Crippen LogP contribution is 2.14. The van der Waals surface area contributed by atoms with Gasteiger partial charge in [0.25, 0.3) is 11.8 Å². The lowest BCUT2D eigenvalue weighted by Gasteiger charge is -2.21. The molecular formula is C19H23FN4O4S. The third kappa shape index (κ3) is 6.26. The molecule has 2 rings (SSSR count). The van der Waals surface area contributed by atoms with Crippen molar-refractivity contribution in [2.45, 2.75) is 18.7 Å². The van der Waals surface area contributed by atoms with Crippen molar-refractivity contribution in [3.8, 4) is 0 Å². The number of sulfonamides is 1. The third-order valence-corrected chi connectivity index (χ3v) is 5.54. The monoisotopic (exact) mass is 422 g/mol. The van der Waals surface area contributed by atoms with Crippen molar-refractivity contribution in [2.24, 2.45) is 0 Å². The molecule has 3 N–H and O–H groups in total. The first-order valence-electron chi connectivity index (χ1n) is 8.96. The minimum absolute atomic E-state index is 0.177. The van der Waals surface area contributed by atoms with Gasteiger partial charge in [-0.3, -0.25) is 20.4 Å². The lowest BCUT2D eigenvalue weighted by molar-refractivity contribution is -0.120. The summed E-state index contributed by atoms with van der Waals surface area (Å²) < 4.78 is 39.0. The number of nitrogens with zero attached hydrogens (tertiary/aromatic N) is 1. The summed E-state index contributed by atoms with van der Waals surface area (Å²) in [7, 11) is -3.98. The van der Waals surface area contributed by atoms with Crippen LogP contribution < -0.4 is 20.5 Å². The first-order valence-corrected chi connectivity index (χ1v) is 10.4. The van der Waals surface area contributed by atoms with Gasteiger partial charge in [-0.25, -0.2) is 17.5 Å². The van der Waals surface area contributed by atoms with E-state index in [-0.39, 0.29) is 4.90 Å². The molecule has 2 aromatic rings. The minimum atomic E-state index is -3.98. The summed E-state index contributed by atoms with van der Waals surface area (Å²) in [5.74, 6) is -1.87. The molecule has 8 nitrogen and oxygen atoms in total. The van der Waals surface area contributed by atoms with Gasteiger partial charge in [-0.05, 0) is 62.4 Å². The van der Waals surface area contributed by atoms with Crippen LogP contribution in [0.4, 0.5) is 10.1 Å². The van der Waals surface area contributed by atoms with Crippen molar-refractivity contribution in [2.75, 3.05) is 24.5 Å². The van der Waals surface area contributed by atoms with Crippen molar-refractivity contribution in [1.29, 1.82) is 0 Å². The van der Waals surface area contributed by atoms with Crippen LogP contribution in [0, 0.1) is 5.82 Å². The zero-order valence-electron chi connectivity index (χ0n) is 16.1. The average molecular weight is 422 g/mol. The smallest absolute Gasteiger partial charge is 0.269 e. The second-order valence-corrected chi connectivity index (χ2v) is 7.77. The van der Waals surface area contributed by atoms with Crippen LogP contribution in [0.25, 0.3) is 0 Å². The van der Waals surface area contributed by atoms with Crippen LogP contribution in [0.1, 0.15) is 24.2 Å². The summed E-state index contributed by atoms with van der Waals surface area (Å²) >= 11 is 0. The molecule has 2 aromatic carbocycles. The number of carbonyl (C=O) groups excluding carboxylic acids is 2. The molecule has 0 fully saturated rings. The molecule has 10 heteroatoms. The van der Waals surface area contributed by atoms with E-state index in [1.54, 1.807) is 24.3 Å². The molecule has 29 heavy (non-hydrogen) atoms. The van der Waals surface area contributed by atoms with Crippen LogP contribution in [0.3, 0.4) is 0 Å². The maximum atomic E-state index is 12.9. The van der Waals surface area contributed by atoms with E-state index < -0.39 is 34.2 Å². The molecule has 0 saturated heterocycles. The molecule has 2 amide bonds. The number of benzene rings is 2. The van der Waals surface area contributed by atoms with Gasteiger partial charge >= 0.3 is 0 Å². The first-order chi connectivity index (χ1) is 13.8. The van der Waals surface area contributed by atoms with E-state index in [0.29, 0.717) is 5.56 Å². The number of hydrazine groups is 1. The van der Waals surface area contributed by atoms with E-state index in [1.807, 2.05) is 13.8 Å². The molecule has 0 aromatic heterocycles. The molecule has 0 bridgehead atoms. The zero-order chi connectivity index (χ0) is 21.4. The van der Waals surface area contributed by atoms with Crippen LogP contribution in [-0.2, 0) is 14.8 Å². The highest BCUT2D eigenvalue weighted by Gasteiger charge is 2.16. The largest absolute Gasteiger partial charge is 0.372 e. The Morgan fingerprint density at radius 1 is 0.931 bits per heavy atom. The summed E-state index contributed by atoms with van der Waals surface area (Å²) in [6.45, 7) is 5.15. The quantitative estimate of drug-likeness (QED) is 0.558. The molecule has 0 aliphatic rings. The lowest BCUT2D eigenvalue weighted by Crippen LogP contribution is -2.46. The second-order valence-electron chi connectivity index (χ2n) is 6.00. The van der Waals surface area contributed by atoms with E-state index in [1.165, 1.54) is 0 Å². The normalized spacial score (nSPS) is 11.0. The van der Waals surface area contributed by atoms with Gasteiger partial charge in [0.1, 0.15) is 5.82 Å². The van der Waals surface area contributed by atoms with E-state index in [4.69, 9.17) is 0 Å². The molecule has 0 unspecified atom stereocenters. The fourth-order valence-electron chi connectivity index (χ4n) is 2.51. The van der Waals surface area contributed by atoms with E-state index >= 15 is 0 Å². The summed E-state index contributed by atoms with van der Waals surface area (Å²) in [6.07, 6.45) is 0. The average Bonchev–Trinajstić information content (AvgIpc) is 2.72. The van der Waals surface area contributed by atoms with Crippen molar-refractivity contribution >= 4 is 27.5 Å². The summed E-state index contributed by atoms with van der Waals surface area (Å²) in [5.41, 5.74) is 5.68. The van der Waals surface area contributed by atoms with Gasteiger partial charge in [0.05, 0.1) is 11.4 Å². The first kappa shape index (κ1) is 22.3. The van der Waals surface area contributed by atoms with E-state index in [0.717, 1.165) is 43.0 Å². The molecule has 0 atom stereocenters. The van der Waals surface area contributed by atoms with Crippen LogP contribution >= 0.6 is 0 Å². The standard InChI is InChI=1S/C19H23FN4O4S/c1-3-24(4-2)16-9-5-14(6-10-16)19(26)23-22-18(25)13-21-29(27,28)17-11-7-15(20)8-12-17/h5-12,21H,3-4,13H2,1-2H3,(H,22,25)(H,23,26). The molecular weight excluding hydrogens is 399 g/mol. The fraction of sp³-hybridized carbons (Fsp3) is 0.263. The Hall–Kier alpha value is -2.98. The Morgan fingerprint density at radius 3 is 2.07 bits per heavy atom. The summed E-state index contributed by atoms with van der Waals surface area (Å²) in [5, 5.41) is 0. The highest BCUT2D eigenvalue weighted by atomic mass is 32.2. The minimum Gasteiger partial charge on any atom is -0.372 e. The summed E-state index contributed by atoms with van der Waals surface area (Å²) in [6, 6.07) is 11.0. The van der Waals surface area contributed by atoms with Gasteiger partial charge in [0, 0.05) is 24.3 Å². The summed E-state index contributed by atoms with van der Waals surface area (Å²) in [4.78, 5) is 25.9. The fourth-order valence-corrected chi connectivity index (χ4v) is 3.50. The maximum Gasteiger partial charge on any atom is 0.269 e. The number of carbonyl (C=O) groups is 2. The van der Waals surface area contributed by atoms with E-state index in [2.05, 4.69) is 20.5 Å². The Labute approximate surface area is 169 Å². The predicted octanol–water partition coefficient (Wildman–Crippen LogP) is 1.41. The molecule has 0 heterocycles. The number of anilines is 1. The van der Waals surface area contributed by atoms with Crippen LogP contribution in [0.2, 0.25) is 0 Å². The van der Waals surface area contributed by atoms with Crippen molar-refractivity contribution in [1.82, 2.24) is 15.6 Å². The maximum absolute atomic E-state index is 12.9. The van der Waals surface area contributed by atoms with Gasteiger partial charge in [-0.1, -0.05) is 0 Å².